The normalized spacial score (nSPS) is 15.1. The van der Waals surface area contributed by atoms with E-state index in [0.29, 0.717) is 5.33 Å². The van der Waals surface area contributed by atoms with Crippen molar-refractivity contribution in [3.63, 3.8) is 0 Å². The molecule has 2 atom stereocenters. The predicted octanol–water partition coefficient (Wildman–Crippen LogP) is 3.35. The molecule has 1 aromatic rings. The first-order chi connectivity index (χ1) is 11.7. The Morgan fingerprint density at radius 1 is 1.16 bits per heavy atom. The van der Waals surface area contributed by atoms with Gasteiger partial charge in [0.15, 0.2) is 0 Å². The van der Waals surface area contributed by atoms with Crippen molar-refractivity contribution in [3.05, 3.63) is 35.9 Å². The third-order valence-electron chi connectivity index (χ3n) is 3.50. The summed E-state index contributed by atoms with van der Waals surface area (Å²) in [4.78, 5) is 23.8. The first-order valence-corrected chi connectivity index (χ1v) is 8.36. The van der Waals surface area contributed by atoms with Gasteiger partial charge >= 0.3 is 18.1 Å². The highest BCUT2D eigenvalue weighted by Gasteiger charge is 2.64. The van der Waals surface area contributed by atoms with Crippen molar-refractivity contribution in [1.29, 1.82) is 0 Å². The molecule has 0 aliphatic rings. The Kier molecular flexibility index (Phi) is 7.88. The number of ether oxygens (including phenoxy) is 3. The third kappa shape index (κ3) is 4.94. The Bertz CT molecular complexity index is 579. The van der Waals surface area contributed by atoms with Gasteiger partial charge in [-0.05, 0) is 6.42 Å². The van der Waals surface area contributed by atoms with Crippen LogP contribution in [0.15, 0.2) is 30.3 Å². The maximum atomic E-state index is 13.7. The smallest absolute Gasteiger partial charge is 0.432 e. The summed E-state index contributed by atoms with van der Waals surface area (Å²) in [5.74, 6) is -2.34. The Morgan fingerprint density at radius 2 is 1.76 bits per heavy atom. The molecule has 0 radical (unpaired) electrons. The molecule has 0 N–H and O–H groups in total. The van der Waals surface area contributed by atoms with E-state index in [1.165, 1.54) is 18.2 Å². The Balaban J connectivity index is 3.22. The molecule has 1 unspecified atom stereocenters. The summed E-state index contributed by atoms with van der Waals surface area (Å²) in [7, 11) is 1.91. The Morgan fingerprint density at radius 3 is 2.20 bits per heavy atom. The lowest BCUT2D eigenvalue weighted by molar-refractivity contribution is -0.278. The summed E-state index contributed by atoms with van der Waals surface area (Å²) in [5, 5.41) is 0.319. The fourth-order valence-corrected chi connectivity index (χ4v) is 2.73. The van der Waals surface area contributed by atoms with E-state index in [-0.39, 0.29) is 12.8 Å². The van der Waals surface area contributed by atoms with Crippen LogP contribution in [0.25, 0.3) is 0 Å². The van der Waals surface area contributed by atoms with Gasteiger partial charge in [0.25, 0.3) is 5.60 Å². The first-order valence-electron chi connectivity index (χ1n) is 7.24. The zero-order chi connectivity index (χ0) is 19.1. The van der Waals surface area contributed by atoms with Crippen LogP contribution in [0.1, 0.15) is 18.4 Å². The fourth-order valence-electron chi connectivity index (χ4n) is 2.21. The molecule has 0 saturated carbocycles. The molecule has 25 heavy (non-hydrogen) atoms. The molecule has 0 amide bonds. The summed E-state index contributed by atoms with van der Waals surface area (Å²) in [6, 6.07) is 6.46. The number of halogens is 4. The third-order valence-corrected chi connectivity index (χ3v) is 3.96. The molecule has 1 aromatic carbocycles. The van der Waals surface area contributed by atoms with Crippen LogP contribution in [0.3, 0.4) is 0 Å². The number of carbonyl (C=O) groups is 2. The van der Waals surface area contributed by atoms with Gasteiger partial charge in [-0.1, -0.05) is 46.3 Å². The monoisotopic (exact) mass is 426 g/mol. The molecule has 1 rings (SSSR count). The average Bonchev–Trinajstić information content (AvgIpc) is 2.55. The lowest BCUT2D eigenvalue weighted by Crippen LogP contribution is -2.52. The van der Waals surface area contributed by atoms with E-state index in [0.717, 1.165) is 26.4 Å². The number of rotatable bonds is 8. The predicted molar refractivity (Wildman–Crippen MR) is 86.1 cm³/mol. The number of hydrogen-bond donors (Lipinski definition) is 0. The molecule has 0 bridgehead atoms. The van der Waals surface area contributed by atoms with Gasteiger partial charge in [0.05, 0.1) is 13.5 Å². The zero-order valence-corrected chi connectivity index (χ0v) is 15.2. The molecule has 0 aliphatic heterocycles. The quantitative estimate of drug-likeness (QED) is 0.471. The van der Waals surface area contributed by atoms with Gasteiger partial charge in [-0.3, -0.25) is 4.79 Å². The minimum Gasteiger partial charge on any atom is -0.469 e. The second-order valence-electron chi connectivity index (χ2n) is 5.03. The second kappa shape index (κ2) is 9.19. The van der Waals surface area contributed by atoms with Crippen LogP contribution in [-0.2, 0) is 29.4 Å². The standard InChI is InChI=1S/C16H18BrF3O5/c1-23-13(21)10-12(8-9-17)25-14(22)15(24-2,16(18,19)20)11-6-4-3-5-7-11/h3-7,12H,8-10H2,1-2H3/t12?,15-/m0/s1. The molecule has 0 aliphatic carbocycles. The zero-order valence-electron chi connectivity index (χ0n) is 13.6. The molecule has 0 saturated heterocycles. The number of methoxy groups -OCH3 is 2. The van der Waals surface area contributed by atoms with Gasteiger partial charge in [-0.2, -0.15) is 13.2 Å². The van der Waals surface area contributed by atoms with E-state index in [4.69, 9.17) is 4.74 Å². The van der Waals surface area contributed by atoms with Crippen molar-refractivity contribution in [2.45, 2.75) is 30.7 Å². The lowest BCUT2D eigenvalue weighted by atomic mass is 9.92. The maximum Gasteiger partial charge on any atom is 0.432 e. The molecular weight excluding hydrogens is 409 g/mol. The van der Waals surface area contributed by atoms with Crippen molar-refractivity contribution in [2.24, 2.45) is 0 Å². The van der Waals surface area contributed by atoms with Gasteiger partial charge < -0.3 is 14.2 Å². The Hall–Kier alpha value is -1.61. The van der Waals surface area contributed by atoms with E-state index in [9.17, 15) is 22.8 Å². The number of esters is 2. The van der Waals surface area contributed by atoms with E-state index in [2.05, 4.69) is 25.4 Å². The van der Waals surface area contributed by atoms with Crippen molar-refractivity contribution in [1.82, 2.24) is 0 Å². The topological polar surface area (TPSA) is 61.8 Å². The van der Waals surface area contributed by atoms with Crippen molar-refractivity contribution >= 4 is 27.9 Å². The second-order valence-corrected chi connectivity index (χ2v) is 5.83. The highest BCUT2D eigenvalue weighted by molar-refractivity contribution is 9.09. The van der Waals surface area contributed by atoms with Crippen LogP contribution in [0, 0.1) is 0 Å². The number of carbonyl (C=O) groups excluding carboxylic acids is 2. The first kappa shape index (κ1) is 21.4. The number of benzene rings is 1. The fraction of sp³-hybridized carbons (Fsp3) is 0.500. The molecule has 0 fully saturated rings. The molecule has 140 valence electrons. The SMILES string of the molecule is COC(=O)CC(CCBr)OC(=O)[C@@](OC)(c1ccccc1)C(F)(F)F. The molecule has 0 spiro atoms. The van der Waals surface area contributed by atoms with Crippen LogP contribution >= 0.6 is 15.9 Å². The van der Waals surface area contributed by atoms with Gasteiger partial charge in [0.1, 0.15) is 6.10 Å². The highest BCUT2D eigenvalue weighted by atomic mass is 79.9. The van der Waals surface area contributed by atoms with Gasteiger partial charge in [0.2, 0.25) is 0 Å². The average molecular weight is 427 g/mol. The largest absolute Gasteiger partial charge is 0.469 e. The molecule has 5 nitrogen and oxygen atoms in total. The summed E-state index contributed by atoms with van der Waals surface area (Å²) < 4.78 is 55.3. The van der Waals surface area contributed by atoms with Crippen LogP contribution in [0.5, 0.6) is 0 Å². The van der Waals surface area contributed by atoms with E-state index < -0.39 is 35.4 Å². The van der Waals surface area contributed by atoms with Gasteiger partial charge in [-0.25, -0.2) is 4.79 Å². The van der Waals surface area contributed by atoms with Crippen molar-refractivity contribution in [2.75, 3.05) is 19.5 Å². The maximum absolute atomic E-state index is 13.7. The van der Waals surface area contributed by atoms with Gasteiger partial charge in [-0.15, -0.1) is 0 Å². The number of hydrogen-bond acceptors (Lipinski definition) is 5. The molecule has 0 aromatic heterocycles. The lowest BCUT2D eigenvalue weighted by Gasteiger charge is -2.33. The molecule has 9 heteroatoms. The molecular formula is C16H18BrF3O5. The van der Waals surface area contributed by atoms with E-state index >= 15 is 0 Å². The summed E-state index contributed by atoms with van der Waals surface area (Å²) in [6.45, 7) is 0. The van der Waals surface area contributed by atoms with Crippen LogP contribution in [0.2, 0.25) is 0 Å². The minimum atomic E-state index is -5.07. The van der Waals surface area contributed by atoms with Crippen LogP contribution in [0.4, 0.5) is 13.2 Å². The summed E-state index contributed by atoms with van der Waals surface area (Å²) in [6.07, 6.45) is -6.38. The van der Waals surface area contributed by atoms with Crippen molar-refractivity contribution < 1.29 is 37.0 Å². The van der Waals surface area contributed by atoms with Crippen LogP contribution < -0.4 is 0 Å². The van der Waals surface area contributed by atoms with Crippen LogP contribution in [-0.4, -0.2) is 43.8 Å². The van der Waals surface area contributed by atoms with Gasteiger partial charge in [0, 0.05) is 18.0 Å². The number of alkyl halides is 4. The highest BCUT2D eigenvalue weighted by Crippen LogP contribution is 2.43. The molecule has 0 heterocycles. The van der Waals surface area contributed by atoms with E-state index in [1.54, 1.807) is 0 Å². The van der Waals surface area contributed by atoms with Crippen molar-refractivity contribution in [3.8, 4) is 0 Å². The minimum absolute atomic E-state index is 0.132. The van der Waals surface area contributed by atoms with E-state index in [1.807, 2.05) is 0 Å². The Labute approximate surface area is 151 Å². The summed E-state index contributed by atoms with van der Waals surface area (Å²) >= 11 is 3.11. The summed E-state index contributed by atoms with van der Waals surface area (Å²) in [5.41, 5.74) is -3.69.